The number of esters is 1. The van der Waals surface area contributed by atoms with E-state index in [1.807, 2.05) is 48.5 Å². The smallest absolute Gasteiger partial charge is 0.323 e. The molecule has 0 fully saturated rings. The number of ether oxygens (including phenoxy) is 2. The number of thioether (sulfide) groups is 1. The van der Waals surface area contributed by atoms with Crippen molar-refractivity contribution in [3.63, 3.8) is 0 Å². The average Bonchev–Trinajstić information content (AvgIpc) is 3.01. The Kier molecular flexibility index (Phi) is 4.52. The Hall–Kier alpha value is -2.47. The molecule has 3 aromatic rings. The minimum absolute atomic E-state index is 0.306. The Balaban J connectivity index is 1.92. The number of fused-ring (bicyclic) bond motifs is 1. The summed E-state index contributed by atoms with van der Waals surface area (Å²) in [6.45, 7) is 0. The van der Waals surface area contributed by atoms with Crippen LogP contribution < -0.4 is 4.74 Å². The van der Waals surface area contributed by atoms with Crippen molar-refractivity contribution in [3.8, 4) is 5.75 Å². The number of carbonyl (C=O) groups is 1. The third kappa shape index (κ3) is 3.32. The van der Waals surface area contributed by atoms with E-state index in [0.29, 0.717) is 5.16 Å². The number of nitrogens with one attached hydrogen (secondary N) is 1. The quantitative estimate of drug-likeness (QED) is 0.573. The molecule has 0 aliphatic rings. The fourth-order valence-corrected chi connectivity index (χ4v) is 3.28. The van der Waals surface area contributed by atoms with E-state index in [2.05, 4.69) is 9.97 Å². The molecule has 3 rings (SSSR count). The van der Waals surface area contributed by atoms with Crippen LogP contribution in [0.3, 0.4) is 0 Å². The largest absolute Gasteiger partial charge is 0.497 e. The maximum absolute atomic E-state index is 12.1. The number of hydrogen-bond acceptors (Lipinski definition) is 5. The minimum atomic E-state index is -0.469. The third-order valence-corrected chi connectivity index (χ3v) is 4.53. The molecule has 1 N–H and O–H groups in total. The normalized spacial score (nSPS) is 12.1. The zero-order valence-electron chi connectivity index (χ0n) is 12.8. The van der Waals surface area contributed by atoms with E-state index in [9.17, 15) is 4.79 Å². The summed E-state index contributed by atoms with van der Waals surface area (Å²) in [5, 5.41) is 0.191. The Morgan fingerprint density at radius 1 is 1.17 bits per heavy atom. The summed E-state index contributed by atoms with van der Waals surface area (Å²) in [7, 11) is 3.01. The molecule has 0 amide bonds. The van der Waals surface area contributed by atoms with Crippen LogP contribution in [0, 0.1) is 0 Å². The van der Waals surface area contributed by atoms with Gasteiger partial charge in [-0.15, -0.1) is 0 Å². The number of H-pyrrole nitrogens is 1. The van der Waals surface area contributed by atoms with Crippen LogP contribution in [0.25, 0.3) is 11.0 Å². The molecule has 0 saturated carbocycles. The topological polar surface area (TPSA) is 64.2 Å². The molecule has 1 heterocycles. The summed E-state index contributed by atoms with van der Waals surface area (Å²) in [5.41, 5.74) is 2.57. The van der Waals surface area contributed by atoms with E-state index in [-0.39, 0.29) is 5.97 Å². The summed E-state index contributed by atoms with van der Waals surface area (Å²) >= 11 is 1.33. The SMILES string of the molecule is COC(=O)C(Sc1nc2ccc(OC)cc2[nH]1)c1ccccc1. The molecule has 0 bridgehead atoms. The van der Waals surface area contributed by atoms with Gasteiger partial charge in [0.2, 0.25) is 0 Å². The number of carbonyl (C=O) groups excluding carboxylic acids is 1. The summed E-state index contributed by atoms with van der Waals surface area (Å²) < 4.78 is 10.1. The lowest BCUT2D eigenvalue weighted by Crippen LogP contribution is -2.11. The molecule has 118 valence electrons. The van der Waals surface area contributed by atoms with E-state index < -0.39 is 5.25 Å². The van der Waals surface area contributed by atoms with Gasteiger partial charge in [0.1, 0.15) is 11.0 Å². The summed E-state index contributed by atoms with van der Waals surface area (Å²) in [4.78, 5) is 19.9. The van der Waals surface area contributed by atoms with Gasteiger partial charge in [-0.3, -0.25) is 4.79 Å². The first-order chi connectivity index (χ1) is 11.2. The highest BCUT2D eigenvalue weighted by Gasteiger charge is 2.24. The highest BCUT2D eigenvalue weighted by molar-refractivity contribution is 8.00. The zero-order chi connectivity index (χ0) is 16.2. The van der Waals surface area contributed by atoms with E-state index in [1.165, 1.54) is 18.9 Å². The first-order valence-electron chi connectivity index (χ1n) is 7.04. The lowest BCUT2D eigenvalue weighted by molar-refractivity contribution is -0.140. The van der Waals surface area contributed by atoms with Gasteiger partial charge < -0.3 is 14.5 Å². The van der Waals surface area contributed by atoms with Crippen LogP contribution in [0.1, 0.15) is 10.8 Å². The molecular formula is C17H16N2O3S. The fraction of sp³-hybridized carbons (Fsp3) is 0.176. The highest BCUT2D eigenvalue weighted by atomic mass is 32.2. The second kappa shape index (κ2) is 6.75. The molecule has 0 aliphatic carbocycles. The summed E-state index contributed by atoms with van der Waals surface area (Å²) in [6, 6.07) is 15.1. The molecule has 2 aromatic carbocycles. The molecule has 6 heteroatoms. The van der Waals surface area contributed by atoms with E-state index in [0.717, 1.165) is 22.3 Å². The maximum Gasteiger partial charge on any atom is 0.323 e. The van der Waals surface area contributed by atoms with E-state index in [4.69, 9.17) is 9.47 Å². The van der Waals surface area contributed by atoms with Crippen LogP contribution in [-0.2, 0) is 9.53 Å². The van der Waals surface area contributed by atoms with Crippen molar-refractivity contribution in [2.45, 2.75) is 10.4 Å². The molecule has 0 saturated heterocycles. The van der Waals surface area contributed by atoms with Crippen molar-refractivity contribution < 1.29 is 14.3 Å². The predicted molar refractivity (Wildman–Crippen MR) is 89.7 cm³/mol. The molecule has 5 nitrogen and oxygen atoms in total. The van der Waals surface area contributed by atoms with Crippen molar-refractivity contribution in [1.29, 1.82) is 0 Å². The standard InChI is InChI=1S/C17H16N2O3S/c1-21-12-8-9-13-14(10-12)19-17(18-13)23-15(16(20)22-2)11-6-4-3-5-7-11/h3-10,15H,1-2H3,(H,18,19). The van der Waals surface area contributed by atoms with Crippen LogP contribution in [0.2, 0.25) is 0 Å². The van der Waals surface area contributed by atoms with Crippen LogP contribution in [0.4, 0.5) is 0 Å². The van der Waals surface area contributed by atoms with Gasteiger partial charge in [0.25, 0.3) is 0 Å². The van der Waals surface area contributed by atoms with Gasteiger partial charge in [-0.25, -0.2) is 4.98 Å². The lowest BCUT2D eigenvalue weighted by Gasteiger charge is -2.12. The first kappa shape index (κ1) is 15.4. The van der Waals surface area contributed by atoms with Crippen molar-refractivity contribution in [2.75, 3.05) is 14.2 Å². The minimum Gasteiger partial charge on any atom is -0.497 e. The Morgan fingerprint density at radius 2 is 1.96 bits per heavy atom. The Bertz CT molecular complexity index is 817. The van der Waals surface area contributed by atoms with E-state index >= 15 is 0 Å². The molecule has 23 heavy (non-hydrogen) atoms. The van der Waals surface area contributed by atoms with Crippen LogP contribution in [0.15, 0.2) is 53.7 Å². The first-order valence-corrected chi connectivity index (χ1v) is 7.92. The van der Waals surface area contributed by atoms with Crippen LogP contribution in [0.5, 0.6) is 5.75 Å². The van der Waals surface area contributed by atoms with Crippen molar-refractivity contribution in [3.05, 3.63) is 54.1 Å². The van der Waals surface area contributed by atoms with Gasteiger partial charge in [-0.2, -0.15) is 0 Å². The number of rotatable bonds is 5. The van der Waals surface area contributed by atoms with Crippen LogP contribution in [-0.4, -0.2) is 30.2 Å². The maximum atomic E-state index is 12.1. The molecule has 1 aromatic heterocycles. The number of imidazole rings is 1. The third-order valence-electron chi connectivity index (χ3n) is 3.41. The monoisotopic (exact) mass is 328 g/mol. The Morgan fingerprint density at radius 3 is 2.65 bits per heavy atom. The second-order valence-electron chi connectivity index (χ2n) is 4.86. The van der Waals surface area contributed by atoms with E-state index in [1.54, 1.807) is 7.11 Å². The number of aromatic nitrogens is 2. The number of methoxy groups -OCH3 is 2. The van der Waals surface area contributed by atoms with Gasteiger partial charge >= 0.3 is 5.97 Å². The lowest BCUT2D eigenvalue weighted by atomic mass is 10.1. The highest BCUT2D eigenvalue weighted by Crippen LogP contribution is 2.35. The number of aromatic amines is 1. The second-order valence-corrected chi connectivity index (χ2v) is 5.95. The fourth-order valence-electron chi connectivity index (χ4n) is 2.25. The van der Waals surface area contributed by atoms with Crippen molar-refractivity contribution in [2.24, 2.45) is 0 Å². The van der Waals surface area contributed by atoms with Gasteiger partial charge in [0.15, 0.2) is 5.16 Å². The van der Waals surface area contributed by atoms with Gasteiger partial charge in [0, 0.05) is 6.07 Å². The molecule has 1 unspecified atom stereocenters. The summed E-state index contributed by atoms with van der Waals surface area (Å²) in [6.07, 6.45) is 0. The average molecular weight is 328 g/mol. The van der Waals surface area contributed by atoms with Crippen molar-refractivity contribution >= 4 is 28.8 Å². The predicted octanol–water partition coefficient (Wildman–Crippen LogP) is 3.58. The molecule has 0 aliphatic heterocycles. The van der Waals surface area contributed by atoms with Crippen molar-refractivity contribution in [1.82, 2.24) is 9.97 Å². The zero-order valence-corrected chi connectivity index (χ0v) is 13.6. The van der Waals surface area contributed by atoms with Gasteiger partial charge in [-0.05, 0) is 17.7 Å². The number of hydrogen-bond donors (Lipinski definition) is 1. The Labute approximate surface area is 138 Å². The van der Waals surface area contributed by atoms with Crippen LogP contribution >= 0.6 is 11.8 Å². The molecule has 0 radical (unpaired) electrons. The number of benzene rings is 2. The molecular weight excluding hydrogens is 312 g/mol. The van der Waals surface area contributed by atoms with Gasteiger partial charge in [-0.1, -0.05) is 42.1 Å². The molecule has 0 spiro atoms. The van der Waals surface area contributed by atoms with Gasteiger partial charge in [0.05, 0.1) is 25.3 Å². The number of nitrogens with zero attached hydrogens (tertiary/aromatic N) is 1. The molecule has 1 atom stereocenters. The summed E-state index contributed by atoms with van der Waals surface area (Å²) in [5.74, 6) is 0.449.